The van der Waals surface area contributed by atoms with Crippen molar-refractivity contribution in [3.8, 4) is 0 Å². The van der Waals surface area contributed by atoms with Gasteiger partial charge in [-0.3, -0.25) is 9.59 Å². The molecule has 1 rings (SSSR count). The zero-order valence-corrected chi connectivity index (χ0v) is 11.5. The Morgan fingerprint density at radius 3 is 2.30 bits per heavy atom. The summed E-state index contributed by atoms with van der Waals surface area (Å²) < 4.78 is 0. The van der Waals surface area contributed by atoms with E-state index in [4.69, 9.17) is 5.11 Å². The molecule has 0 aromatic heterocycles. The number of benzene rings is 1. The Labute approximate surface area is 116 Å². The minimum Gasteiger partial charge on any atom is -0.478 e. The average molecular weight is 276 g/mol. The van der Waals surface area contributed by atoms with E-state index in [9.17, 15) is 14.4 Å². The van der Waals surface area contributed by atoms with E-state index in [-0.39, 0.29) is 17.1 Å². The first-order chi connectivity index (χ1) is 9.36. The molecule has 0 saturated carbocycles. The number of anilines is 1. The van der Waals surface area contributed by atoms with Crippen LogP contribution in [0.2, 0.25) is 0 Å². The standard InChI is InChI=1S/C14H16N2O4/c1-8(9(2)14(19)20)12(17)16-11-6-4-5-10(7-11)13(18)15-3/h4-7H,1-3H3,(H,15,18)(H,16,17)(H,19,20). The zero-order chi connectivity index (χ0) is 15.3. The van der Waals surface area contributed by atoms with Gasteiger partial charge in [-0.1, -0.05) is 6.07 Å². The molecule has 0 fully saturated rings. The van der Waals surface area contributed by atoms with E-state index in [0.29, 0.717) is 11.3 Å². The summed E-state index contributed by atoms with van der Waals surface area (Å²) in [5.41, 5.74) is 0.920. The van der Waals surface area contributed by atoms with Gasteiger partial charge in [0.2, 0.25) is 0 Å². The Kier molecular flexibility index (Phi) is 5.02. The normalized spacial score (nSPS) is 11.3. The van der Waals surface area contributed by atoms with Crippen molar-refractivity contribution in [1.82, 2.24) is 5.32 Å². The van der Waals surface area contributed by atoms with Gasteiger partial charge in [-0.05, 0) is 32.0 Å². The number of amides is 2. The number of hydrogen-bond donors (Lipinski definition) is 3. The summed E-state index contributed by atoms with van der Waals surface area (Å²) in [5, 5.41) is 13.9. The lowest BCUT2D eigenvalue weighted by molar-refractivity contribution is -0.133. The fraction of sp³-hybridized carbons (Fsp3) is 0.214. The number of rotatable bonds is 4. The van der Waals surface area contributed by atoms with Crippen LogP contribution in [0.15, 0.2) is 35.4 Å². The molecule has 0 spiro atoms. The molecule has 0 heterocycles. The molecule has 0 aliphatic rings. The highest BCUT2D eigenvalue weighted by Gasteiger charge is 2.13. The Bertz CT molecular complexity index is 591. The zero-order valence-electron chi connectivity index (χ0n) is 11.5. The van der Waals surface area contributed by atoms with Crippen molar-refractivity contribution < 1.29 is 19.5 Å². The molecule has 0 aliphatic heterocycles. The maximum absolute atomic E-state index is 11.9. The maximum Gasteiger partial charge on any atom is 0.331 e. The van der Waals surface area contributed by atoms with E-state index in [1.807, 2.05) is 0 Å². The maximum atomic E-state index is 11.9. The lowest BCUT2D eigenvalue weighted by atomic mass is 10.1. The highest BCUT2D eigenvalue weighted by molar-refractivity contribution is 6.08. The van der Waals surface area contributed by atoms with Gasteiger partial charge in [0.15, 0.2) is 0 Å². The van der Waals surface area contributed by atoms with Crippen molar-refractivity contribution >= 4 is 23.5 Å². The first-order valence-electron chi connectivity index (χ1n) is 5.91. The number of carbonyl (C=O) groups excluding carboxylic acids is 2. The number of aliphatic carboxylic acids is 1. The predicted molar refractivity (Wildman–Crippen MR) is 74.5 cm³/mol. The van der Waals surface area contributed by atoms with Gasteiger partial charge in [0.05, 0.1) is 0 Å². The molecule has 0 aliphatic carbocycles. The first-order valence-corrected chi connectivity index (χ1v) is 5.91. The highest BCUT2D eigenvalue weighted by Crippen LogP contribution is 2.13. The molecule has 6 nitrogen and oxygen atoms in total. The lowest BCUT2D eigenvalue weighted by Crippen LogP contribution is -2.19. The van der Waals surface area contributed by atoms with Gasteiger partial charge in [-0.25, -0.2) is 4.79 Å². The second kappa shape index (κ2) is 6.51. The number of nitrogens with one attached hydrogen (secondary N) is 2. The van der Waals surface area contributed by atoms with Crippen LogP contribution in [0.5, 0.6) is 0 Å². The summed E-state index contributed by atoms with van der Waals surface area (Å²) in [5.74, 6) is -1.93. The van der Waals surface area contributed by atoms with Crippen LogP contribution in [0.1, 0.15) is 24.2 Å². The fourth-order valence-corrected chi connectivity index (χ4v) is 1.44. The second-order valence-electron chi connectivity index (χ2n) is 4.17. The summed E-state index contributed by atoms with van der Waals surface area (Å²) in [7, 11) is 1.51. The highest BCUT2D eigenvalue weighted by atomic mass is 16.4. The average Bonchev–Trinajstić information content (AvgIpc) is 2.44. The molecule has 6 heteroatoms. The molecule has 0 saturated heterocycles. The van der Waals surface area contributed by atoms with E-state index in [1.165, 1.54) is 27.0 Å². The molecular weight excluding hydrogens is 260 g/mol. The Hall–Kier alpha value is -2.63. The first kappa shape index (κ1) is 15.4. The molecule has 0 atom stereocenters. The van der Waals surface area contributed by atoms with Crippen LogP contribution < -0.4 is 10.6 Å². The summed E-state index contributed by atoms with van der Waals surface area (Å²) in [4.78, 5) is 34.1. The Balaban J connectivity index is 2.95. The van der Waals surface area contributed by atoms with Crippen LogP contribution in [0.25, 0.3) is 0 Å². The largest absolute Gasteiger partial charge is 0.478 e. The number of carbonyl (C=O) groups is 3. The van der Waals surface area contributed by atoms with Crippen molar-refractivity contribution in [3.63, 3.8) is 0 Å². The summed E-state index contributed by atoms with van der Waals surface area (Å²) in [6, 6.07) is 6.37. The molecule has 0 bridgehead atoms. The minimum absolute atomic E-state index is 0.0232. The smallest absolute Gasteiger partial charge is 0.331 e. The second-order valence-corrected chi connectivity index (χ2v) is 4.17. The molecule has 2 amide bonds. The molecular formula is C14H16N2O4. The fourth-order valence-electron chi connectivity index (χ4n) is 1.44. The van der Waals surface area contributed by atoms with Crippen LogP contribution in [0.4, 0.5) is 5.69 Å². The Morgan fingerprint density at radius 2 is 1.75 bits per heavy atom. The lowest BCUT2D eigenvalue weighted by Gasteiger charge is -2.08. The van der Waals surface area contributed by atoms with E-state index in [0.717, 1.165) is 0 Å². The monoisotopic (exact) mass is 276 g/mol. The molecule has 1 aromatic rings. The molecule has 1 aromatic carbocycles. The molecule has 106 valence electrons. The van der Waals surface area contributed by atoms with Crippen molar-refractivity contribution in [3.05, 3.63) is 41.0 Å². The molecule has 3 N–H and O–H groups in total. The number of carboxylic acid groups (broad SMARTS) is 1. The van der Waals surface area contributed by atoms with E-state index in [1.54, 1.807) is 18.2 Å². The van der Waals surface area contributed by atoms with Crippen molar-refractivity contribution in [2.45, 2.75) is 13.8 Å². The Morgan fingerprint density at radius 1 is 1.10 bits per heavy atom. The number of carboxylic acids is 1. The summed E-state index contributed by atoms with van der Waals surface area (Å²) in [6.07, 6.45) is 0. The summed E-state index contributed by atoms with van der Waals surface area (Å²) in [6.45, 7) is 2.79. The predicted octanol–water partition coefficient (Wildman–Crippen LogP) is 1.41. The van der Waals surface area contributed by atoms with Gasteiger partial charge in [-0.15, -0.1) is 0 Å². The van der Waals surface area contributed by atoms with Crippen molar-refractivity contribution in [1.29, 1.82) is 0 Å². The third-order valence-corrected chi connectivity index (χ3v) is 2.83. The van der Waals surface area contributed by atoms with Gasteiger partial charge >= 0.3 is 5.97 Å². The van der Waals surface area contributed by atoms with Crippen LogP contribution in [-0.4, -0.2) is 29.9 Å². The van der Waals surface area contributed by atoms with Gasteiger partial charge in [0, 0.05) is 29.4 Å². The van der Waals surface area contributed by atoms with Crippen LogP contribution >= 0.6 is 0 Å². The third-order valence-electron chi connectivity index (χ3n) is 2.83. The van der Waals surface area contributed by atoms with Gasteiger partial charge in [0.1, 0.15) is 0 Å². The molecule has 20 heavy (non-hydrogen) atoms. The van der Waals surface area contributed by atoms with E-state index >= 15 is 0 Å². The topological polar surface area (TPSA) is 95.5 Å². The van der Waals surface area contributed by atoms with Crippen molar-refractivity contribution in [2.24, 2.45) is 0 Å². The van der Waals surface area contributed by atoms with Crippen LogP contribution in [0.3, 0.4) is 0 Å². The quantitative estimate of drug-likeness (QED) is 0.724. The van der Waals surface area contributed by atoms with E-state index < -0.39 is 11.9 Å². The van der Waals surface area contributed by atoms with Gasteiger partial charge in [0.25, 0.3) is 11.8 Å². The SMILES string of the molecule is CNC(=O)c1cccc(NC(=O)C(C)=C(C)C(=O)O)c1. The third kappa shape index (κ3) is 3.68. The molecule has 0 unspecified atom stereocenters. The van der Waals surface area contributed by atoms with Crippen LogP contribution in [-0.2, 0) is 9.59 Å². The minimum atomic E-state index is -1.14. The number of hydrogen-bond acceptors (Lipinski definition) is 3. The molecule has 0 radical (unpaired) electrons. The van der Waals surface area contributed by atoms with E-state index in [2.05, 4.69) is 10.6 Å². The summed E-state index contributed by atoms with van der Waals surface area (Å²) >= 11 is 0. The van der Waals surface area contributed by atoms with Gasteiger partial charge < -0.3 is 15.7 Å². The van der Waals surface area contributed by atoms with Crippen molar-refractivity contribution in [2.75, 3.05) is 12.4 Å². The van der Waals surface area contributed by atoms with Crippen LogP contribution in [0, 0.1) is 0 Å². The van der Waals surface area contributed by atoms with Gasteiger partial charge in [-0.2, -0.15) is 0 Å².